The van der Waals surface area contributed by atoms with Gasteiger partial charge in [0, 0.05) is 22.6 Å². The van der Waals surface area contributed by atoms with E-state index in [0.717, 1.165) is 21.6 Å². The highest BCUT2D eigenvalue weighted by molar-refractivity contribution is 9.10. The molecule has 1 nitrogen and oxygen atoms in total. The Hall–Kier alpha value is -0.900. The van der Waals surface area contributed by atoms with E-state index in [4.69, 9.17) is 11.6 Å². The van der Waals surface area contributed by atoms with Crippen LogP contribution in [0.1, 0.15) is 11.1 Å². The zero-order chi connectivity index (χ0) is 13.8. The predicted molar refractivity (Wildman–Crippen MR) is 80.7 cm³/mol. The molecule has 0 unspecified atom stereocenters. The Morgan fingerprint density at radius 1 is 1.05 bits per heavy atom. The average Bonchev–Trinajstić information content (AvgIpc) is 2.30. The van der Waals surface area contributed by atoms with Crippen LogP contribution >= 0.6 is 27.5 Å². The summed E-state index contributed by atoms with van der Waals surface area (Å²) in [6.07, 6.45) is 0. The molecule has 0 aliphatic rings. The van der Waals surface area contributed by atoms with E-state index < -0.39 is 0 Å². The van der Waals surface area contributed by atoms with Gasteiger partial charge in [0.2, 0.25) is 0 Å². The maximum Gasteiger partial charge on any atom is 0.124 e. The first-order valence-electron chi connectivity index (χ1n) is 5.91. The molecular weight excluding hydrogens is 329 g/mol. The lowest BCUT2D eigenvalue weighted by atomic mass is 10.2. The van der Waals surface area contributed by atoms with Gasteiger partial charge in [-0.1, -0.05) is 39.7 Å². The topological polar surface area (TPSA) is 3.24 Å². The molecule has 0 N–H and O–H groups in total. The molecule has 0 bridgehead atoms. The first kappa shape index (κ1) is 14.5. The van der Waals surface area contributed by atoms with Crippen molar-refractivity contribution in [1.82, 2.24) is 4.90 Å². The summed E-state index contributed by atoms with van der Waals surface area (Å²) in [5, 5.41) is 0.737. The number of halogens is 3. The van der Waals surface area contributed by atoms with Crippen molar-refractivity contribution >= 4 is 27.5 Å². The second-order valence-electron chi connectivity index (χ2n) is 4.58. The van der Waals surface area contributed by atoms with E-state index in [9.17, 15) is 4.39 Å². The van der Waals surface area contributed by atoms with Crippen LogP contribution in [0.25, 0.3) is 0 Å². The monoisotopic (exact) mass is 341 g/mol. The summed E-state index contributed by atoms with van der Waals surface area (Å²) in [5.74, 6) is -0.218. The molecule has 0 fully saturated rings. The first-order chi connectivity index (χ1) is 9.02. The Kier molecular flexibility index (Phi) is 4.97. The minimum atomic E-state index is -0.218. The van der Waals surface area contributed by atoms with Gasteiger partial charge in [-0.2, -0.15) is 0 Å². The SMILES string of the molecule is CN(Cc1ccc(Cl)cc1)Cc1cc(F)cc(Br)c1. The third kappa shape index (κ3) is 4.60. The summed E-state index contributed by atoms with van der Waals surface area (Å²) < 4.78 is 14.1. The molecule has 2 aromatic rings. The lowest BCUT2D eigenvalue weighted by molar-refractivity contribution is 0.318. The van der Waals surface area contributed by atoms with Crippen molar-refractivity contribution < 1.29 is 4.39 Å². The van der Waals surface area contributed by atoms with E-state index in [0.29, 0.717) is 6.54 Å². The number of hydrogen-bond acceptors (Lipinski definition) is 1. The molecule has 19 heavy (non-hydrogen) atoms. The molecular formula is C15H14BrClFN. The smallest absolute Gasteiger partial charge is 0.124 e. The number of nitrogens with zero attached hydrogens (tertiary/aromatic N) is 1. The lowest BCUT2D eigenvalue weighted by Crippen LogP contribution is -2.17. The second kappa shape index (κ2) is 6.51. The van der Waals surface area contributed by atoms with Gasteiger partial charge in [-0.3, -0.25) is 4.90 Å². The van der Waals surface area contributed by atoms with Crippen LogP contribution in [0.2, 0.25) is 5.02 Å². The molecule has 0 aliphatic heterocycles. The Bertz CT molecular complexity index is 536. The quantitative estimate of drug-likeness (QED) is 0.766. The zero-order valence-corrected chi connectivity index (χ0v) is 12.9. The van der Waals surface area contributed by atoms with Gasteiger partial charge in [-0.05, 0) is 48.5 Å². The van der Waals surface area contributed by atoms with Crippen molar-refractivity contribution in [2.75, 3.05) is 7.05 Å². The van der Waals surface area contributed by atoms with Crippen LogP contribution in [0, 0.1) is 5.82 Å². The summed E-state index contributed by atoms with van der Waals surface area (Å²) in [6.45, 7) is 1.49. The Balaban J connectivity index is 2.00. The summed E-state index contributed by atoms with van der Waals surface area (Å²) >= 11 is 9.16. The molecule has 0 radical (unpaired) electrons. The minimum absolute atomic E-state index is 0.218. The van der Waals surface area contributed by atoms with Gasteiger partial charge in [0.1, 0.15) is 5.82 Å². The van der Waals surface area contributed by atoms with E-state index in [1.807, 2.05) is 37.4 Å². The van der Waals surface area contributed by atoms with Crippen molar-refractivity contribution in [3.63, 3.8) is 0 Å². The normalized spacial score (nSPS) is 11.0. The third-order valence-corrected chi connectivity index (χ3v) is 3.45. The molecule has 0 heterocycles. The highest BCUT2D eigenvalue weighted by atomic mass is 79.9. The lowest BCUT2D eigenvalue weighted by Gasteiger charge is -2.17. The fourth-order valence-electron chi connectivity index (χ4n) is 1.97. The maximum atomic E-state index is 13.3. The van der Waals surface area contributed by atoms with E-state index in [2.05, 4.69) is 20.8 Å². The van der Waals surface area contributed by atoms with Crippen molar-refractivity contribution in [1.29, 1.82) is 0 Å². The highest BCUT2D eigenvalue weighted by Crippen LogP contribution is 2.17. The molecule has 0 aliphatic carbocycles. The molecule has 0 amide bonds. The van der Waals surface area contributed by atoms with E-state index in [1.165, 1.54) is 11.6 Å². The Labute approximate surface area is 126 Å². The van der Waals surface area contributed by atoms with Crippen LogP contribution in [0.3, 0.4) is 0 Å². The van der Waals surface area contributed by atoms with Gasteiger partial charge in [-0.15, -0.1) is 0 Å². The second-order valence-corrected chi connectivity index (χ2v) is 5.93. The zero-order valence-electron chi connectivity index (χ0n) is 10.5. The third-order valence-electron chi connectivity index (χ3n) is 2.74. The molecule has 0 aromatic heterocycles. The number of benzene rings is 2. The van der Waals surface area contributed by atoms with Gasteiger partial charge in [0.15, 0.2) is 0 Å². The molecule has 0 spiro atoms. The molecule has 0 saturated carbocycles. The van der Waals surface area contributed by atoms with Gasteiger partial charge in [0.25, 0.3) is 0 Å². The Morgan fingerprint density at radius 2 is 1.68 bits per heavy atom. The maximum absolute atomic E-state index is 13.3. The largest absolute Gasteiger partial charge is 0.298 e. The van der Waals surface area contributed by atoms with Crippen LogP contribution in [0.5, 0.6) is 0 Å². The number of hydrogen-bond donors (Lipinski definition) is 0. The molecule has 0 saturated heterocycles. The summed E-state index contributed by atoms with van der Waals surface area (Å²) in [5.41, 5.74) is 2.13. The van der Waals surface area contributed by atoms with Crippen LogP contribution in [0.4, 0.5) is 4.39 Å². The number of rotatable bonds is 4. The first-order valence-corrected chi connectivity index (χ1v) is 7.08. The predicted octanol–water partition coefficient (Wildman–Crippen LogP) is 4.87. The van der Waals surface area contributed by atoms with Crippen LogP contribution in [-0.2, 0) is 13.1 Å². The van der Waals surface area contributed by atoms with Crippen molar-refractivity contribution in [3.8, 4) is 0 Å². The van der Waals surface area contributed by atoms with Gasteiger partial charge < -0.3 is 0 Å². The van der Waals surface area contributed by atoms with Crippen LogP contribution < -0.4 is 0 Å². The van der Waals surface area contributed by atoms with Crippen molar-refractivity contribution in [2.45, 2.75) is 13.1 Å². The Morgan fingerprint density at radius 3 is 2.32 bits per heavy atom. The minimum Gasteiger partial charge on any atom is -0.298 e. The fourth-order valence-corrected chi connectivity index (χ4v) is 2.61. The van der Waals surface area contributed by atoms with Gasteiger partial charge in [-0.25, -0.2) is 4.39 Å². The molecule has 4 heteroatoms. The summed E-state index contributed by atoms with van der Waals surface area (Å²) in [6, 6.07) is 12.7. The molecule has 2 aromatic carbocycles. The van der Waals surface area contributed by atoms with Crippen molar-refractivity contribution in [3.05, 3.63) is 68.9 Å². The van der Waals surface area contributed by atoms with Crippen LogP contribution in [0.15, 0.2) is 46.9 Å². The molecule has 100 valence electrons. The van der Waals surface area contributed by atoms with E-state index in [-0.39, 0.29) is 5.82 Å². The van der Waals surface area contributed by atoms with Crippen LogP contribution in [-0.4, -0.2) is 11.9 Å². The van der Waals surface area contributed by atoms with Gasteiger partial charge >= 0.3 is 0 Å². The average molecular weight is 343 g/mol. The van der Waals surface area contributed by atoms with E-state index in [1.54, 1.807) is 6.07 Å². The molecule has 0 atom stereocenters. The van der Waals surface area contributed by atoms with Crippen molar-refractivity contribution in [2.24, 2.45) is 0 Å². The van der Waals surface area contributed by atoms with E-state index >= 15 is 0 Å². The summed E-state index contributed by atoms with van der Waals surface area (Å²) in [7, 11) is 2.01. The standard InChI is InChI=1S/C15H14BrClFN/c1-19(9-11-2-4-14(17)5-3-11)10-12-6-13(16)8-15(18)7-12/h2-8H,9-10H2,1H3. The summed E-state index contributed by atoms with van der Waals surface area (Å²) in [4.78, 5) is 2.13. The fraction of sp³-hybridized carbons (Fsp3) is 0.200. The van der Waals surface area contributed by atoms with Gasteiger partial charge in [0.05, 0.1) is 0 Å². The molecule has 2 rings (SSSR count). The highest BCUT2D eigenvalue weighted by Gasteiger charge is 2.04.